The molecule has 0 aliphatic heterocycles. The van der Waals surface area contributed by atoms with Crippen molar-refractivity contribution in [3.63, 3.8) is 0 Å². The van der Waals surface area contributed by atoms with E-state index < -0.39 is 32.5 Å². The summed E-state index contributed by atoms with van der Waals surface area (Å²) in [7, 11) is -4.39. The quantitative estimate of drug-likeness (QED) is 0.0265. The van der Waals surface area contributed by atoms with Crippen molar-refractivity contribution in [3.05, 3.63) is 85.1 Å². The number of nitrogens with two attached hydrogens (primary N) is 1. The van der Waals surface area contributed by atoms with E-state index in [0.29, 0.717) is 6.42 Å². The smallest absolute Gasteiger partial charge is 0.462 e. The maximum Gasteiger partial charge on any atom is 0.472 e. The molecule has 356 valence electrons. The Morgan fingerprint density at radius 2 is 0.887 bits per heavy atom. The first kappa shape index (κ1) is 59.2. The van der Waals surface area contributed by atoms with Crippen molar-refractivity contribution in [1.82, 2.24) is 0 Å². The molecule has 3 N–H and O–H groups in total. The van der Waals surface area contributed by atoms with E-state index in [2.05, 4.69) is 98.9 Å². The van der Waals surface area contributed by atoms with Gasteiger partial charge < -0.3 is 20.1 Å². The summed E-state index contributed by atoms with van der Waals surface area (Å²) in [6, 6.07) is 0. The Hall–Kier alpha value is -2.81. The molecule has 0 aromatic heterocycles. The number of hydrogen-bond acceptors (Lipinski definition) is 8. The third-order valence-electron chi connectivity index (χ3n) is 10.0. The average molecular weight is 888 g/mol. The molecule has 0 fully saturated rings. The van der Waals surface area contributed by atoms with Crippen LogP contribution in [0.15, 0.2) is 85.1 Å². The lowest BCUT2D eigenvalue weighted by atomic mass is 10.0. The van der Waals surface area contributed by atoms with E-state index in [1.807, 2.05) is 0 Å². The summed E-state index contributed by atoms with van der Waals surface area (Å²) in [6.07, 6.45) is 60.5. The van der Waals surface area contributed by atoms with Gasteiger partial charge in [-0.05, 0) is 89.9 Å². The topological polar surface area (TPSA) is 134 Å². The molecule has 2 unspecified atom stereocenters. The molecule has 0 spiro atoms. The first-order valence-electron chi connectivity index (χ1n) is 24.6. The number of phosphoric acid groups is 1. The Bertz CT molecular complexity index is 1290. The largest absolute Gasteiger partial charge is 0.472 e. The number of hydrogen-bond donors (Lipinski definition) is 2. The zero-order valence-corrected chi connectivity index (χ0v) is 40.2. The summed E-state index contributed by atoms with van der Waals surface area (Å²) in [4.78, 5) is 34.9. The number of allylic oxidation sites excluding steroid dienone is 14. The van der Waals surface area contributed by atoms with Crippen LogP contribution in [0.3, 0.4) is 0 Å². The van der Waals surface area contributed by atoms with Crippen LogP contribution in [-0.4, -0.2) is 49.3 Å². The highest BCUT2D eigenvalue weighted by molar-refractivity contribution is 7.47. The Morgan fingerprint density at radius 3 is 1.34 bits per heavy atom. The average Bonchev–Trinajstić information content (AvgIpc) is 3.26. The van der Waals surface area contributed by atoms with Crippen LogP contribution in [0, 0.1) is 0 Å². The standard InChI is InChI=1S/C52H90NO8P/c1-3-5-7-9-11-13-15-17-18-19-20-21-22-23-24-25-26-27-28-29-30-31-32-33-35-37-39-41-43-45-52(55)61-50(49-60-62(56,57)59-47-46-53)48-58-51(54)44-42-40-38-36-34-16-14-12-10-8-6-4-2/h5,7,11-14,17-18,20-21,23-24,26-27,50H,3-4,6,8-10,15-16,19,22,25,28-49,53H2,1-2H3,(H,56,57)/b7-5-,13-11-,14-12-,18-17-,21-20-,24-23-,27-26-. The van der Waals surface area contributed by atoms with Gasteiger partial charge >= 0.3 is 19.8 Å². The zero-order valence-electron chi connectivity index (χ0n) is 39.3. The molecule has 0 saturated heterocycles. The van der Waals surface area contributed by atoms with Gasteiger partial charge in [-0.25, -0.2) is 4.57 Å². The fourth-order valence-corrected chi connectivity index (χ4v) is 7.16. The normalized spacial score (nSPS) is 13.9. The Labute approximate surface area is 379 Å². The van der Waals surface area contributed by atoms with E-state index in [4.69, 9.17) is 24.3 Å². The first-order valence-corrected chi connectivity index (χ1v) is 26.1. The molecule has 9 nitrogen and oxygen atoms in total. The minimum Gasteiger partial charge on any atom is -0.462 e. The molecular formula is C52H90NO8P. The number of unbranched alkanes of at least 4 members (excludes halogenated alkanes) is 18. The predicted molar refractivity (Wildman–Crippen MR) is 261 cm³/mol. The number of carbonyl (C=O) groups is 2. The molecule has 2 atom stereocenters. The van der Waals surface area contributed by atoms with Gasteiger partial charge in [-0.15, -0.1) is 0 Å². The van der Waals surface area contributed by atoms with Crippen molar-refractivity contribution in [1.29, 1.82) is 0 Å². The second-order valence-corrected chi connectivity index (χ2v) is 17.4. The summed E-state index contributed by atoms with van der Waals surface area (Å²) in [5, 5.41) is 0. The second-order valence-electron chi connectivity index (χ2n) is 15.9. The van der Waals surface area contributed by atoms with E-state index in [-0.39, 0.29) is 32.6 Å². The van der Waals surface area contributed by atoms with Crippen molar-refractivity contribution in [3.8, 4) is 0 Å². The molecule has 0 saturated carbocycles. The second kappa shape index (κ2) is 47.7. The molecule has 0 bridgehead atoms. The van der Waals surface area contributed by atoms with Crippen LogP contribution in [0.4, 0.5) is 0 Å². The van der Waals surface area contributed by atoms with Crippen LogP contribution in [0.2, 0.25) is 0 Å². The summed E-state index contributed by atoms with van der Waals surface area (Å²) >= 11 is 0. The molecule has 0 aromatic rings. The van der Waals surface area contributed by atoms with Crippen molar-refractivity contribution < 1.29 is 37.6 Å². The van der Waals surface area contributed by atoms with Crippen LogP contribution in [0.5, 0.6) is 0 Å². The number of phosphoric ester groups is 1. The lowest BCUT2D eigenvalue weighted by Crippen LogP contribution is -2.29. The number of ether oxygens (including phenoxy) is 2. The van der Waals surface area contributed by atoms with Gasteiger partial charge in [0.2, 0.25) is 0 Å². The van der Waals surface area contributed by atoms with Crippen molar-refractivity contribution in [2.75, 3.05) is 26.4 Å². The fourth-order valence-electron chi connectivity index (χ4n) is 6.40. The molecule has 0 heterocycles. The number of esters is 2. The fraction of sp³-hybridized carbons (Fsp3) is 0.692. The summed E-state index contributed by atoms with van der Waals surface area (Å²) < 4.78 is 32.8. The molecule has 0 aliphatic rings. The van der Waals surface area contributed by atoms with Crippen LogP contribution < -0.4 is 5.73 Å². The molecule has 0 aromatic carbocycles. The molecule has 0 aliphatic carbocycles. The van der Waals surface area contributed by atoms with Gasteiger partial charge in [0.15, 0.2) is 6.10 Å². The maximum atomic E-state index is 12.6. The SMILES string of the molecule is CC/C=C\C/C=C\C/C=C\C/C=C\C/C=C\C/C=C\CCCCCCCCCCCCC(=O)OC(COC(=O)CCCCCCC/C=C\CCCCC)COP(=O)(O)OCCN. The summed E-state index contributed by atoms with van der Waals surface area (Å²) in [6.45, 7) is 3.57. The van der Waals surface area contributed by atoms with Gasteiger partial charge in [-0.3, -0.25) is 18.6 Å². The van der Waals surface area contributed by atoms with Crippen LogP contribution in [-0.2, 0) is 32.7 Å². The molecule has 0 rings (SSSR count). The number of rotatable bonds is 45. The van der Waals surface area contributed by atoms with E-state index >= 15 is 0 Å². The van der Waals surface area contributed by atoms with Crippen molar-refractivity contribution in [2.24, 2.45) is 5.73 Å². The van der Waals surface area contributed by atoms with E-state index in [9.17, 15) is 19.0 Å². The van der Waals surface area contributed by atoms with Crippen LogP contribution in [0.25, 0.3) is 0 Å². The molecule has 0 radical (unpaired) electrons. The first-order chi connectivity index (χ1) is 30.3. The highest BCUT2D eigenvalue weighted by atomic mass is 31.2. The monoisotopic (exact) mass is 888 g/mol. The van der Waals surface area contributed by atoms with Crippen LogP contribution in [0.1, 0.15) is 200 Å². The third-order valence-corrected chi connectivity index (χ3v) is 11.0. The minimum absolute atomic E-state index is 0.0480. The van der Waals surface area contributed by atoms with E-state index in [1.54, 1.807) is 0 Å². The van der Waals surface area contributed by atoms with Gasteiger partial charge in [0.05, 0.1) is 13.2 Å². The Morgan fingerprint density at radius 1 is 0.500 bits per heavy atom. The summed E-state index contributed by atoms with van der Waals surface area (Å²) in [5.74, 6) is -0.848. The Kier molecular flexibility index (Phi) is 45.5. The van der Waals surface area contributed by atoms with Gasteiger partial charge in [0.1, 0.15) is 6.61 Å². The summed E-state index contributed by atoms with van der Waals surface area (Å²) in [5.41, 5.74) is 5.35. The van der Waals surface area contributed by atoms with Gasteiger partial charge in [-0.2, -0.15) is 0 Å². The third kappa shape index (κ3) is 46.7. The van der Waals surface area contributed by atoms with Gasteiger partial charge in [0, 0.05) is 19.4 Å². The van der Waals surface area contributed by atoms with Gasteiger partial charge in [-0.1, -0.05) is 182 Å². The molecule has 62 heavy (non-hydrogen) atoms. The lowest BCUT2D eigenvalue weighted by Gasteiger charge is -2.19. The highest BCUT2D eigenvalue weighted by Crippen LogP contribution is 2.43. The predicted octanol–water partition coefficient (Wildman–Crippen LogP) is 14.8. The number of carbonyl (C=O) groups excluding carboxylic acids is 2. The highest BCUT2D eigenvalue weighted by Gasteiger charge is 2.26. The minimum atomic E-state index is -4.39. The van der Waals surface area contributed by atoms with Gasteiger partial charge in [0.25, 0.3) is 0 Å². The van der Waals surface area contributed by atoms with E-state index in [0.717, 1.165) is 103 Å². The Balaban J connectivity index is 4.03. The molecule has 10 heteroatoms. The maximum absolute atomic E-state index is 12.6. The molecule has 0 amide bonds. The van der Waals surface area contributed by atoms with E-state index in [1.165, 1.54) is 64.2 Å². The zero-order chi connectivity index (χ0) is 45.3. The molecular weight excluding hydrogens is 798 g/mol. The van der Waals surface area contributed by atoms with Crippen LogP contribution >= 0.6 is 7.82 Å². The van der Waals surface area contributed by atoms with Crippen molar-refractivity contribution in [2.45, 2.75) is 206 Å². The lowest BCUT2D eigenvalue weighted by molar-refractivity contribution is -0.161. The van der Waals surface area contributed by atoms with Crippen molar-refractivity contribution >= 4 is 19.8 Å².